The van der Waals surface area contributed by atoms with E-state index < -0.39 is 17.5 Å². The third kappa shape index (κ3) is 6.29. The van der Waals surface area contributed by atoms with Crippen molar-refractivity contribution < 1.29 is 17.9 Å². The molecule has 0 radical (unpaired) electrons. The number of unbranched alkanes of at least 4 members (excludes halogenated alkanes) is 5. The fraction of sp³-hybridized carbons (Fsp3) is 0.235. The average Bonchev–Trinajstić information content (AvgIpc) is 3.30. The van der Waals surface area contributed by atoms with Crippen molar-refractivity contribution in [2.75, 3.05) is 6.61 Å². The maximum atomic E-state index is 14.7. The second kappa shape index (κ2) is 12.1. The van der Waals surface area contributed by atoms with Crippen LogP contribution in [0.2, 0.25) is 0 Å². The molecule has 0 amide bonds. The van der Waals surface area contributed by atoms with Gasteiger partial charge in [0.1, 0.15) is 11.6 Å². The number of nitrogens with one attached hydrogen (secondary N) is 1. The second-order valence-electron chi connectivity index (χ2n) is 9.78. The minimum absolute atomic E-state index is 0.227. The van der Waals surface area contributed by atoms with Crippen LogP contribution < -0.4 is 4.74 Å². The van der Waals surface area contributed by atoms with E-state index in [1.807, 2.05) is 30.3 Å². The number of hydrogen-bond acceptors (Lipinski definition) is 1. The van der Waals surface area contributed by atoms with Crippen molar-refractivity contribution in [1.29, 1.82) is 0 Å². The van der Waals surface area contributed by atoms with Crippen LogP contribution in [0, 0.1) is 29.3 Å². The number of ether oxygens (including phenoxy) is 1. The van der Waals surface area contributed by atoms with Crippen LogP contribution in [0.1, 0.15) is 56.6 Å². The molecule has 0 atom stereocenters. The summed E-state index contributed by atoms with van der Waals surface area (Å²) in [6, 6.07) is 20.0. The predicted octanol–water partition coefficient (Wildman–Crippen LogP) is 9.54. The van der Waals surface area contributed by atoms with Crippen molar-refractivity contribution in [2.45, 2.75) is 45.4 Å². The maximum Gasteiger partial charge on any atom is 0.159 e. The van der Waals surface area contributed by atoms with Gasteiger partial charge in [-0.15, -0.1) is 0 Å². The molecule has 1 heterocycles. The Balaban J connectivity index is 1.29. The third-order valence-corrected chi connectivity index (χ3v) is 6.90. The lowest BCUT2D eigenvalue weighted by Crippen LogP contribution is -1.97. The number of H-pyrrole nitrogens is 1. The highest BCUT2D eigenvalue weighted by Gasteiger charge is 2.09. The first-order valence-corrected chi connectivity index (χ1v) is 13.5. The normalized spacial score (nSPS) is 11.1. The molecular weight excluding hydrogens is 495 g/mol. The second-order valence-corrected chi connectivity index (χ2v) is 9.78. The summed E-state index contributed by atoms with van der Waals surface area (Å²) in [5, 5.41) is 2.19. The standard InChI is InChI=1S/C34H30F3NO/c1-2-3-4-5-6-7-18-39-27-14-16-29-28-15-9-23(19-33(28)38-34(29)22-27)8-10-24-11-12-25(20-31(24)36)26-13-17-30(35)32(37)21-26/h9,11-17,19-22,38H,2-7,18H2,1H3. The number of benzene rings is 4. The van der Waals surface area contributed by atoms with Crippen LogP contribution >= 0.6 is 0 Å². The van der Waals surface area contributed by atoms with E-state index in [0.717, 1.165) is 58.3 Å². The lowest BCUT2D eigenvalue weighted by atomic mass is 10.0. The van der Waals surface area contributed by atoms with Crippen molar-refractivity contribution in [1.82, 2.24) is 4.98 Å². The van der Waals surface area contributed by atoms with Crippen LogP contribution in [0.15, 0.2) is 72.8 Å². The topological polar surface area (TPSA) is 25.0 Å². The molecule has 0 bridgehead atoms. The van der Waals surface area contributed by atoms with Gasteiger partial charge in [-0.05, 0) is 66.1 Å². The van der Waals surface area contributed by atoms with Crippen LogP contribution in [0.5, 0.6) is 5.75 Å². The molecule has 0 aliphatic carbocycles. The highest BCUT2D eigenvalue weighted by molar-refractivity contribution is 6.07. The highest BCUT2D eigenvalue weighted by atomic mass is 19.2. The zero-order valence-corrected chi connectivity index (χ0v) is 21.9. The fourth-order valence-electron chi connectivity index (χ4n) is 4.74. The van der Waals surface area contributed by atoms with Gasteiger partial charge in [-0.3, -0.25) is 0 Å². The minimum atomic E-state index is -0.971. The summed E-state index contributed by atoms with van der Waals surface area (Å²) in [7, 11) is 0. The van der Waals surface area contributed by atoms with Crippen molar-refractivity contribution in [3.8, 4) is 28.7 Å². The maximum absolute atomic E-state index is 14.7. The van der Waals surface area contributed by atoms with Gasteiger partial charge in [0.15, 0.2) is 11.6 Å². The SMILES string of the molecule is CCCCCCCCOc1ccc2c(c1)[nH]c1cc(C#Cc3ccc(-c4ccc(F)c(F)c4)cc3F)ccc12. The zero-order chi connectivity index (χ0) is 27.2. The lowest BCUT2D eigenvalue weighted by molar-refractivity contribution is 0.304. The molecule has 0 unspecified atom stereocenters. The average molecular weight is 526 g/mol. The van der Waals surface area contributed by atoms with E-state index in [1.165, 1.54) is 44.2 Å². The van der Waals surface area contributed by atoms with Gasteiger partial charge in [-0.1, -0.05) is 69.1 Å². The molecule has 0 aliphatic heterocycles. The molecule has 0 spiro atoms. The van der Waals surface area contributed by atoms with Crippen molar-refractivity contribution >= 4 is 21.8 Å². The molecule has 0 aliphatic rings. The summed E-state index contributed by atoms with van der Waals surface area (Å²) < 4.78 is 47.5. The molecule has 0 saturated carbocycles. The fourth-order valence-corrected chi connectivity index (χ4v) is 4.74. The quantitative estimate of drug-likeness (QED) is 0.150. The first-order valence-electron chi connectivity index (χ1n) is 13.5. The number of halogens is 3. The number of hydrogen-bond donors (Lipinski definition) is 1. The summed E-state index contributed by atoms with van der Waals surface area (Å²) in [5.41, 5.74) is 3.76. The van der Waals surface area contributed by atoms with Crippen LogP contribution in [0.4, 0.5) is 13.2 Å². The van der Waals surface area contributed by atoms with Gasteiger partial charge in [-0.2, -0.15) is 0 Å². The van der Waals surface area contributed by atoms with Crippen molar-refractivity contribution in [3.63, 3.8) is 0 Å². The number of fused-ring (bicyclic) bond motifs is 3. The minimum Gasteiger partial charge on any atom is -0.494 e. The summed E-state index contributed by atoms with van der Waals surface area (Å²) >= 11 is 0. The van der Waals surface area contributed by atoms with Gasteiger partial charge in [0.25, 0.3) is 0 Å². The van der Waals surface area contributed by atoms with Gasteiger partial charge < -0.3 is 9.72 Å². The van der Waals surface area contributed by atoms with Gasteiger partial charge in [0.2, 0.25) is 0 Å². The Labute approximate surface area is 226 Å². The largest absolute Gasteiger partial charge is 0.494 e. The van der Waals surface area contributed by atoms with E-state index in [-0.39, 0.29) is 5.56 Å². The first kappa shape index (κ1) is 26.4. The molecule has 4 aromatic carbocycles. The molecule has 0 fully saturated rings. The Morgan fingerprint density at radius 1 is 0.641 bits per heavy atom. The summed E-state index contributed by atoms with van der Waals surface area (Å²) in [6.45, 7) is 2.94. The molecule has 198 valence electrons. The molecule has 1 aromatic heterocycles. The predicted molar refractivity (Wildman–Crippen MR) is 152 cm³/mol. The van der Waals surface area contributed by atoms with Crippen LogP contribution in [0.25, 0.3) is 32.9 Å². The number of aromatic nitrogens is 1. The van der Waals surface area contributed by atoms with Crippen LogP contribution in [-0.4, -0.2) is 11.6 Å². The Bertz CT molecular complexity index is 1680. The molecule has 2 nitrogen and oxygen atoms in total. The monoisotopic (exact) mass is 525 g/mol. The summed E-state index contributed by atoms with van der Waals surface area (Å²) in [4.78, 5) is 3.45. The van der Waals surface area contributed by atoms with Gasteiger partial charge in [0, 0.05) is 27.9 Å². The third-order valence-electron chi connectivity index (χ3n) is 6.90. The van der Waals surface area contributed by atoms with E-state index in [9.17, 15) is 13.2 Å². The molecule has 5 heteroatoms. The summed E-state index contributed by atoms with van der Waals surface area (Å²) in [5.74, 6) is 4.34. The van der Waals surface area contributed by atoms with E-state index in [4.69, 9.17) is 4.74 Å². The van der Waals surface area contributed by atoms with Crippen LogP contribution in [0.3, 0.4) is 0 Å². The zero-order valence-electron chi connectivity index (χ0n) is 21.9. The highest BCUT2D eigenvalue weighted by Crippen LogP contribution is 2.29. The molecule has 1 N–H and O–H groups in total. The smallest absolute Gasteiger partial charge is 0.159 e. The van der Waals surface area contributed by atoms with E-state index >= 15 is 0 Å². The molecule has 39 heavy (non-hydrogen) atoms. The first-order chi connectivity index (χ1) is 19.0. The molecule has 0 saturated heterocycles. The van der Waals surface area contributed by atoms with Crippen molar-refractivity contribution in [3.05, 3.63) is 101 Å². The van der Waals surface area contributed by atoms with Gasteiger partial charge in [-0.25, -0.2) is 13.2 Å². The molecule has 5 rings (SSSR count). The lowest BCUT2D eigenvalue weighted by Gasteiger charge is -2.06. The van der Waals surface area contributed by atoms with Crippen LogP contribution in [-0.2, 0) is 0 Å². The Kier molecular flexibility index (Phi) is 8.22. The van der Waals surface area contributed by atoms with Crippen molar-refractivity contribution in [2.24, 2.45) is 0 Å². The number of aromatic amines is 1. The van der Waals surface area contributed by atoms with Gasteiger partial charge >= 0.3 is 0 Å². The Hall–Kier alpha value is -4.17. The summed E-state index contributed by atoms with van der Waals surface area (Å²) in [6.07, 6.45) is 7.37. The van der Waals surface area contributed by atoms with E-state index in [2.05, 4.69) is 29.8 Å². The molecular formula is C34H30F3NO. The van der Waals surface area contributed by atoms with E-state index in [0.29, 0.717) is 11.1 Å². The van der Waals surface area contributed by atoms with Gasteiger partial charge in [0.05, 0.1) is 17.7 Å². The number of rotatable bonds is 9. The molecule has 5 aromatic rings. The Morgan fingerprint density at radius 2 is 1.33 bits per heavy atom. The Morgan fingerprint density at radius 3 is 2.10 bits per heavy atom. The van der Waals surface area contributed by atoms with E-state index in [1.54, 1.807) is 12.1 Å².